The van der Waals surface area contributed by atoms with Gasteiger partial charge in [0.2, 0.25) is 5.88 Å². The number of alkyl halides is 3. The molecule has 0 fully saturated rings. The fraction of sp³-hybridized carbons (Fsp3) is 0.174. The predicted octanol–water partition coefficient (Wildman–Crippen LogP) is 7.52. The predicted molar refractivity (Wildman–Crippen MR) is 132 cm³/mol. The molecule has 0 bridgehead atoms. The molecule has 3 aromatic rings. The minimum absolute atomic E-state index is 0.0261. The molecule has 0 aliphatic carbocycles. The monoisotopic (exact) mass is 589 g/mol. The summed E-state index contributed by atoms with van der Waals surface area (Å²) in [6.45, 7) is -0.414. The van der Waals surface area contributed by atoms with Crippen molar-refractivity contribution >= 4 is 58.0 Å². The molecule has 1 atom stereocenters. The maximum Gasteiger partial charge on any atom is 0.417 e. The zero-order valence-corrected chi connectivity index (χ0v) is 21.3. The molecule has 14 heteroatoms. The molecule has 0 aliphatic heterocycles. The van der Waals surface area contributed by atoms with Crippen molar-refractivity contribution in [1.82, 2.24) is 4.98 Å². The molecule has 0 saturated carbocycles. The molecule has 0 radical (unpaired) electrons. The molecule has 0 amide bonds. The van der Waals surface area contributed by atoms with Crippen molar-refractivity contribution in [3.63, 3.8) is 0 Å². The lowest BCUT2D eigenvalue weighted by molar-refractivity contribution is -0.387. The number of halogens is 6. The van der Waals surface area contributed by atoms with Crippen molar-refractivity contribution in [2.24, 2.45) is 0 Å². The quantitative estimate of drug-likeness (QED) is 0.144. The molecule has 0 N–H and O–H groups in total. The van der Waals surface area contributed by atoms with E-state index in [1.807, 2.05) is 6.07 Å². The number of ether oxygens (including phenoxy) is 1. The smallest absolute Gasteiger partial charge is 0.417 e. The van der Waals surface area contributed by atoms with Crippen LogP contribution < -0.4 is 4.74 Å². The summed E-state index contributed by atoms with van der Waals surface area (Å²) in [7, 11) is 0. The van der Waals surface area contributed by atoms with Crippen LogP contribution in [-0.4, -0.2) is 22.3 Å². The van der Waals surface area contributed by atoms with Gasteiger partial charge < -0.3 is 4.74 Å². The number of hydrogen-bond donors (Lipinski definition) is 0. The van der Waals surface area contributed by atoms with Gasteiger partial charge in [-0.25, -0.2) is 4.98 Å². The number of benzene rings is 2. The number of rotatable bonds is 9. The van der Waals surface area contributed by atoms with E-state index in [0.29, 0.717) is 24.0 Å². The summed E-state index contributed by atoms with van der Waals surface area (Å²) in [5.41, 5.74) is -1.37. The van der Waals surface area contributed by atoms with Crippen molar-refractivity contribution < 1.29 is 27.6 Å². The fourth-order valence-electron chi connectivity index (χ4n) is 3.14. The Labute approximate surface area is 227 Å². The van der Waals surface area contributed by atoms with Crippen molar-refractivity contribution in [3.8, 4) is 11.9 Å². The SMILES string of the molecule is N#CC(Sc1ccccc1[N+](=O)[O-])(C(=O)CCOc1ncc(C(F)(F)F)cc1Cl)c1ccc(Cl)cc1Cl. The summed E-state index contributed by atoms with van der Waals surface area (Å²) in [6.07, 6.45) is -4.58. The zero-order chi connectivity index (χ0) is 27.4. The van der Waals surface area contributed by atoms with Gasteiger partial charge in [0.25, 0.3) is 5.69 Å². The van der Waals surface area contributed by atoms with Gasteiger partial charge in [-0.3, -0.25) is 14.9 Å². The average Bonchev–Trinajstić information content (AvgIpc) is 2.83. The van der Waals surface area contributed by atoms with E-state index in [9.17, 15) is 33.3 Å². The molecular formula is C23H13Cl3F3N3O4S. The molecule has 1 aromatic heterocycles. The van der Waals surface area contributed by atoms with Crippen LogP contribution >= 0.6 is 46.6 Å². The number of pyridine rings is 1. The van der Waals surface area contributed by atoms with E-state index in [1.165, 1.54) is 42.5 Å². The van der Waals surface area contributed by atoms with Crippen molar-refractivity contribution in [2.75, 3.05) is 6.61 Å². The summed E-state index contributed by atoms with van der Waals surface area (Å²) in [6, 6.07) is 12.2. The van der Waals surface area contributed by atoms with Crippen LogP contribution in [0.2, 0.25) is 15.1 Å². The molecule has 192 valence electrons. The summed E-state index contributed by atoms with van der Waals surface area (Å²) in [5.74, 6) is -1.09. The molecule has 1 heterocycles. The highest BCUT2D eigenvalue weighted by atomic mass is 35.5. The van der Waals surface area contributed by atoms with Crippen molar-refractivity contribution in [3.05, 3.63) is 91.0 Å². The van der Waals surface area contributed by atoms with Crippen LogP contribution in [0.3, 0.4) is 0 Å². The molecule has 37 heavy (non-hydrogen) atoms. The summed E-state index contributed by atoms with van der Waals surface area (Å²) in [4.78, 5) is 27.9. The Balaban J connectivity index is 1.94. The van der Waals surface area contributed by atoms with Crippen molar-refractivity contribution in [2.45, 2.75) is 22.2 Å². The van der Waals surface area contributed by atoms with Gasteiger partial charge in [-0.1, -0.05) is 64.8 Å². The van der Waals surface area contributed by atoms with Crippen LogP contribution in [0.1, 0.15) is 17.5 Å². The molecule has 7 nitrogen and oxygen atoms in total. The maximum atomic E-state index is 13.5. The first-order valence-electron chi connectivity index (χ1n) is 10.1. The Morgan fingerprint density at radius 3 is 2.43 bits per heavy atom. The number of carbonyl (C=O) groups is 1. The third-order valence-electron chi connectivity index (χ3n) is 4.89. The summed E-state index contributed by atoms with van der Waals surface area (Å²) < 4.78 is 41.7. The number of Topliss-reactive ketones (excluding diaryl/α,β-unsaturated/α-hetero) is 1. The minimum atomic E-state index is -4.66. The lowest BCUT2D eigenvalue weighted by atomic mass is 9.93. The van der Waals surface area contributed by atoms with Gasteiger partial charge in [0, 0.05) is 34.3 Å². The minimum Gasteiger partial charge on any atom is -0.476 e. The molecule has 1 unspecified atom stereocenters. The molecule has 2 aromatic carbocycles. The first-order valence-corrected chi connectivity index (χ1v) is 12.0. The molecular weight excluding hydrogens is 578 g/mol. The normalized spacial score (nSPS) is 12.9. The molecule has 0 aliphatic rings. The lowest BCUT2D eigenvalue weighted by Gasteiger charge is -2.26. The standard InChI is InChI=1S/C23H13Cl3F3N3O4S/c24-14-5-6-15(16(25)10-14)22(12-30,37-19-4-2-1-3-18(19)32(34)35)20(33)7-8-36-21-17(26)9-13(11-31-21)23(27,28)29/h1-6,9-11H,7-8H2. The van der Waals surface area contributed by atoms with Gasteiger partial charge in [0.05, 0.1) is 28.1 Å². The van der Waals surface area contributed by atoms with Crippen LogP contribution in [0.5, 0.6) is 5.88 Å². The Kier molecular flexibility index (Phi) is 8.92. The van der Waals surface area contributed by atoms with Crippen LogP contribution in [0.15, 0.2) is 59.6 Å². The van der Waals surface area contributed by atoms with Gasteiger partial charge in [-0.15, -0.1) is 0 Å². The average molecular weight is 591 g/mol. The summed E-state index contributed by atoms with van der Waals surface area (Å²) in [5, 5.41) is 21.5. The highest BCUT2D eigenvalue weighted by Crippen LogP contribution is 2.48. The van der Waals surface area contributed by atoms with Crippen LogP contribution in [0.4, 0.5) is 18.9 Å². The first-order chi connectivity index (χ1) is 17.4. The second kappa shape index (κ2) is 11.6. The number of nitrogens with zero attached hydrogens (tertiary/aromatic N) is 3. The van der Waals surface area contributed by atoms with Gasteiger partial charge in [0.15, 0.2) is 10.5 Å². The van der Waals surface area contributed by atoms with E-state index in [1.54, 1.807) is 0 Å². The number of ketones is 1. The van der Waals surface area contributed by atoms with Crippen LogP contribution in [-0.2, 0) is 15.7 Å². The number of para-hydroxylation sites is 1. The topological polar surface area (TPSA) is 106 Å². The highest BCUT2D eigenvalue weighted by Gasteiger charge is 2.44. The number of nitriles is 1. The van der Waals surface area contributed by atoms with Crippen LogP contribution in [0, 0.1) is 21.4 Å². The second-order valence-corrected chi connectivity index (χ2v) is 9.78. The van der Waals surface area contributed by atoms with Gasteiger partial charge in [-0.05, 0) is 24.3 Å². The number of carbonyl (C=O) groups excluding carboxylic acids is 1. The van der Waals surface area contributed by atoms with E-state index >= 15 is 0 Å². The first kappa shape index (κ1) is 28.5. The Morgan fingerprint density at radius 1 is 1.14 bits per heavy atom. The number of thioether (sulfide) groups is 1. The zero-order valence-electron chi connectivity index (χ0n) is 18.3. The third kappa shape index (κ3) is 6.45. The highest BCUT2D eigenvalue weighted by molar-refractivity contribution is 8.01. The van der Waals surface area contributed by atoms with E-state index in [2.05, 4.69) is 4.98 Å². The van der Waals surface area contributed by atoms with E-state index in [-0.39, 0.29) is 32.1 Å². The summed E-state index contributed by atoms with van der Waals surface area (Å²) >= 11 is 18.7. The third-order valence-corrected chi connectivity index (χ3v) is 7.12. The molecule has 0 spiro atoms. The van der Waals surface area contributed by atoms with Crippen molar-refractivity contribution in [1.29, 1.82) is 5.26 Å². The maximum absolute atomic E-state index is 13.5. The van der Waals surface area contributed by atoms with Gasteiger partial charge in [-0.2, -0.15) is 18.4 Å². The van der Waals surface area contributed by atoms with Gasteiger partial charge >= 0.3 is 6.18 Å². The molecule has 0 saturated heterocycles. The number of hydrogen-bond acceptors (Lipinski definition) is 7. The Morgan fingerprint density at radius 2 is 1.84 bits per heavy atom. The lowest BCUT2D eigenvalue weighted by Crippen LogP contribution is -2.32. The number of aromatic nitrogens is 1. The second-order valence-electron chi connectivity index (χ2n) is 7.27. The Bertz CT molecular complexity index is 1400. The van der Waals surface area contributed by atoms with E-state index in [4.69, 9.17) is 39.5 Å². The number of nitro benzene ring substituents is 1. The van der Waals surface area contributed by atoms with E-state index < -0.39 is 45.2 Å². The Hall–Kier alpha value is -3.04. The van der Waals surface area contributed by atoms with Gasteiger partial charge in [0.1, 0.15) is 5.02 Å². The number of nitro groups is 1. The van der Waals surface area contributed by atoms with E-state index in [0.717, 1.165) is 0 Å². The fourth-order valence-corrected chi connectivity index (χ4v) is 5.25. The van der Waals surface area contributed by atoms with Crippen LogP contribution in [0.25, 0.3) is 0 Å². The molecule has 3 rings (SSSR count). The largest absolute Gasteiger partial charge is 0.476 e.